The number of methoxy groups -OCH3 is 1. The molecule has 3 heterocycles. The zero-order valence-corrected chi connectivity index (χ0v) is 26.8. The van der Waals surface area contributed by atoms with E-state index in [1.165, 1.54) is 24.5 Å². The first-order valence-electron chi connectivity index (χ1n) is 15.6. The standard InChI is InChI=1S/C35H35ClN6O4/c1-41-26-16-22(9-11-24(26)30(20-7-4-5-8-20)31(41)32-37-18-23(36)19-38-32)33(45)40-35(13-6-14-35)34-39-25-17-28(46-3)21(10-12-29(43)44)15-27(25)42(34)2/h9-12,15-20H,4-8,13-14H2,1-3H3,(H,40,45)(H,43,44)/b12-10+. The number of carboxylic acids is 1. The van der Waals surface area contributed by atoms with E-state index in [0.29, 0.717) is 39.2 Å². The van der Waals surface area contributed by atoms with E-state index in [-0.39, 0.29) is 5.91 Å². The third kappa shape index (κ3) is 5.01. The smallest absolute Gasteiger partial charge is 0.328 e. The largest absolute Gasteiger partial charge is 0.496 e. The fourth-order valence-corrected chi connectivity index (χ4v) is 7.39. The van der Waals surface area contributed by atoms with E-state index >= 15 is 0 Å². The predicted molar refractivity (Wildman–Crippen MR) is 177 cm³/mol. The third-order valence-electron chi connectivity index (χ3n) is 9.72. The molecule has 0 bridgehead atoms. The maximum atomic E-state index is 14.0. The minimum Gasteiger partial charge on any atom is -0.496 e. The van der Waals surface area contributed by atoms with Crippen LogP contribution in [-0.2, 0) is 24.4 Å². The molecule has 0 spiro atoms. The second kappa shape index (κ2) is 11.6. The van der Waals surface area contributed by atoms with E-state index in [9.17, 15) is 9.59 Å². The molecule has 10 nitrogen and oxygen atoms in total. The summed E-state index contributed by atoms with van der Waals surface area (Å²) < 4.78 is 9.62. The molecule has 1 amide bonds. The zero-order valence-electron chi connectivity index (χ0n) is 26.0. The Balaban J connectivity index is 1.26. The maximum absolute atomic E-state index is 14.0. The number of aryl methyl sites for hydroxylation is 2. The predicted octanol–water partition coefficient (Wildman–Crippen LogP) is 6.75. The van der Waals surface area contributed by atoms with E-state index in [1.807, 2.05) is 42.9 Å². The van der Waals surface area contributed by atoms with Gasteiger partial charge in [-0.25, -0.2) is 19.7 Å². The molecule has 5 aromatic rings. The number of nitrogens with zero attached hydrogens (tertiary/aromatic N) is 5. The fraction of sp³-hybridized carbons (Fsp3) is 0.343. The van der Waals surface area contributed by atoms with Crippen LogP contribution in [0.15, 0.2) is 48.8 Å². The highest BCUT2D eigenvalue weighted by molar-refractivity contribution is 6.30. The molecule has 0 aliphatic heterocycles. The number of fused-ring (bicyclic) bond motifs is 2. The van der Waals surface area contributed by atoms with Crippen LogP contribution in [0, 0.1) is 0 Å². The van der Waals surface area contributed by atoms with Crippen molar-refractivity contribution in [2.45, 2.75) is 56.4 Å². The summed E-state index contributed by atoms with van der Waals surface area (Å²) >= 11 is 6.12. The van der Waals surface area contributed by atoms with Crippen LogP contribution in [0.2, 0.25) is 5.02 Å². The van der Waals surface area contributed by atoms with Gasteiger partial charge in [-0.2, -0.15) is 0 Å². The minimum atomic E-state index is -1.04. The summed E-state index contributed by atoms with van der Waals surface area (Å²) in [6, 6.07) is 9.62. The number of hydrogen-bond acceptors (Lipinski definition) is 6. The Labute approximate surface area is 271 Å². The maximum Gasteiger partial charge on any atom is 0.328 e. The quantitative estimate of drug-likeness (QED) is 0.180. The van der Waals surface area contributed by atoms with Gasteiger partial charge in [0.05, 0.1) is 34.4 Å². The van der Waals surface area contributed by atoms with Crippen molar-refractivity contribution in [3.05, 3.63) is 76.3 Å². The van der Waals surface area contributed by atoms with Gasteiger partial charge in [-0.1, -0.05) is 30.5 Å². The van der Waals surface area contributed by atoms with Crippen LogP contribution < -0.4 is 10.1 Å². The highest BCUT2D eigenvalue weighted by atomic mass is 35.5. The van der Waals surface area contributed by atoms with Gasteiger partial charge in [0.15, 0.2) is 5.82 Å². The normalized spacial score (nSPS) is 16.3. The average molecular weight is 639 g/mol. The number of carbonyl (C=O) groups excluding carboxylic acids is 1. The fourth-order valence-electron chi connectivity index (χ4n) is 7.30. The zero-order chi connectivity index (χ0) is 32.2. The molecule has 0 unspecified atom stereocenters. The second-order valence-corrected chi connectivity index (χ2v) is 12.8. The number of aromatic nitrogens is 5. The van der Waals surface area contributed by atoms with Crippen LogP contribution in [0.5, 0.6) is 5.75 Å². The van der Waals surface area contributed by atoms with Crippen molar-refractivity contribution in [2.75, 3.05) is 7.11 Å². The number of carbonyl (C=O) groups is 2. The van der Waals surface area contributed by atoms with Crippen molar-refractivity contribution < 1.29 is 19.4 Å². The van der Waals surface area contributed by atoms with Crippen molar-refractivity contribution in [1.29, 1.82) is 0 Å². The number of nitrogens with one attached hydrogen (secondary N) is 1. The van der Waals surface area contributed by atoms with E-state index in [2.05, 4.69) is 25.9 Å². The van der Waals surface area contributed by atoms with Crippen molar-refractivity contribution in [3.8, 4) is 17.3 Å². The van der Waals surface area contributed by atoms with Crippen molar-refractivity contribution in [3.63, 3.8) is 0 Å². The summed E-state index contributed by atoms with van der Waals surface area (Å²) in [5, 5.41) is 14.1. The first-order chi connectivity index (χ1) is 22.2. The van der Waals surface area contributed by atoms with Crippen LogP contribution >= 0.6 is 11.6 Å². The Morgan fingerprint density at radius 2 is 1.78 bits per heavy atom. The molecule has 2 N–H and O–H groups in total. The number of ether oxygens (including phenoxy) is 1. The number of halogens is 1. The summed E-state index contributed by atoms with van der Waals surface area (Å²) in [4.78, 5) is 39.2. The summed E-state index contributed by atoms with van der Waals surface area (Å²) in [5.74, 6) is 1.12. The van der Waals surface area contributed by atoms with Crippen LogP contribution in [0.25, 0.3) is 39.5 Å². The lowest BCUT2D eigenvalue weighted by atomic mass is 9.75. The highest BCUT2D eigenvalue weighted by Crippen LogP contribution is 2.45. The van der Waals surface area contributed by atoms with Gasteiger partial charge >= 0.3 is 5.97 Å². The molecule has 0 radical (unpaired) electrons. The molecule has 2 aliphatic carbocycles. The Morgan fingerprint density at radius 3 is 2.43 bits per heavy atom. The Kier molecular flexibility index (Phi) is 7.55. The molecular formula is C35H35ClN6O4. The molecule has 0 atom stereocenters. The van der Waals surface area contributed by atoms with Gasteiger partial charge in [0, 0.05) is 60.7 Å². The summed E-state index contributed by atoms with van der Waals surface area (Å²) in [6.07, 6.45) is 13.0. The van der Waals surface area contributed by atoms with E-state index < -0.39 is 11.5 Å². The van der Waals surface area contributed by atoms with Crippen LogP contribution in [-0.4, -0.2) is 48.2 Å². The Hall–Kier alpha value is -4.70. The summed E-state index contributed by atoms with van der Waals surface area (Å²) in [5.41, 5.74) is 5.29. The molecule has 46 heavy (non-hydrogen) atoms. The molecule has 7 rings (SSSR count). The van der Waals surface area contributed by atoms with E-state index in [1.54, 1.807) is 19.5 Å². The third-order valence-corrected chi connectivity index (χ3v) is 9.92. The lowest BCUT2D eigenvalue weighted by molar-refractivity contribution is -0.131. The van der Waals surface area contributed by atoms with Gasteiger partial charge in [0.1, 0.15) is 11.6 Å². The Morgan fingerprint density at radius 1 is 1.04 bits per heavy atom. The first kappa shape index (κ1) is 30.0. The van der Waals surface area contributed by atoms with Crippen LogP contribution in [0.1, 0.15) is 78.2 Å². The lowest BCUT2D eigenvalue weighted by Crippen LogP contribution is -2.52. The van der Waals surface area contributed by atoms with Gasteiger partial charge in [0.25, 0.3) is 5.91 Å². The number of amides is 1. The van der Waals surface area contributed by atoms with Gasteiger partial charge in [-0.15, -0.1) is 0 Å². The van der Waals surface area contributed by atoms with Crippen molar-refractivity contribution in [1.82, 2.24) is 29.4 Å². The molecule has 2 saturated carbocycles. The molecule has 11 heteroatoms. The molecule has 236 valence electrons. The summed E-state index contributed by atoms with van der Waals surface area (Å²) in [7, 11) is 5.48. The minimum absolute atomic E-state index is 0.163. The Bertz CT molecular complexity index is 2030. The molecule has 2 fully saturated rings. The highest BCUT2D eigenvalue weighted by Gasteiger charge is 2.44. The van der Waals surface area contributed by atoms with E-state index in [0.717, 1.165) is 66.1 Å². The second-order valence-electron chi connectivity index (χ2n) is 12.4. The molecular weight excluding hydrogens is 604 g/mol. The molecule has 2 aromatic carbocycles. The van der Waals surface area contributed by atoms with Gasteiger partial charge in [0.2, 0.25) is 0 Å². The number of hydrogen-bond donors (Lipinski definition) is 2. The molecule has 3 aromatic heterocycles. The number of benzene rings is 2. The van der Waals surface area contributed by atoms with E-state index in [4.69, 9.17) is 26.4 Å². The van der Waals surface area contributed by atoms with Crippen molar-refractivity contribution in [2.24, 2.45) is 14.1 Å². The number of carboxylic acid groups (broad SMARTS) is 1. The van der Waals surface area contributed by atoms with Crippen molar-refractivity contribution >= 4 is 51.5 Å². The number of rotatable bonds is 8. The monoisotopic (exact) mass is 638 g/mol. The lowest BCUT2D eigenvalue weighted by Gasteiger charge is -2.41. The topological polar surface area (TPSA) is 124 Å². The van der Waals surface area contributed by atoms with Crippen LogP contribution in [0.3, 0.4) is 0 Å². The number of aliphatic carboxylic acids is 1. The van der Waals surface area contributed by atoms with Gasteiger partial charge in [-0.3, -0.25) is 4.79 Å². The van der Waals surface area contributed by atoms with Gasteiger partial charge in [-0.05, 0) is 67.9 Å². The van der Waals surface area contributed by atoms with Gasteiger partial charge < -0.3 is 24.3 Å². The summed E-state index contributed by atoms with van der Waals surface area (Å²) in [6.45, 7) is 0. The average Bonchev–Trinajstić information content (AvgIpc) is 3.74. The number of imidazole rings is 1. The molecule has 2 aliphatic rings. The van der Waals surface area contributed by atoms with Crippen LogP contribution in [0.4, 0.5) is 0 Å². The molecule has 0 saturated heterocycles. The first-order valence-corrected chi connectivity index (χ1v) is 16.0. The SMILES string of the molecule is COc1cc2nc(C3(NC(=O)c4ccc5c(C6CCCC6)c(-c6ncc(Cl)cn6)n(C)c5c4)CCC3)n(C)c2cc1/C=C/C(=O)O.